The zero-order valence-electron chi connectivity index (χ0n) is 23.3. The minimum absolute atomic E-state index is 0.0758. The third-order valence-corrected chi connectivity index (χ3v) is 10.1. The van der Waals surface area contributed by atoms with E-state index in [1.54, 1.807) is 0 Å². The number of aliphatic hydroxyl groups excluding tert-OH is 1. The molecule has 21 nitrogen and oxygen atoms in total. The first-order chi connectivity index (χ1) is 22.0. The number of nitrogens with zero attached hydrogens (tertiary/aromatic N) is 10. The fraction of sp³-hybridized carbons (Fsp3) is 0.476. The highest BCUT2D eigenvalue weighted by molar-refractivity contribution is 8.44. The normalized spacial score (nSPS) is 29.5. The van der Waals surface area contributed by atoms with E-state index in [0.29, 0.717) is 11.2 Å². The molecule has 25 heteroatoms. The molecule has 2 aliphatic rings. The standard InChI is InChI=1S/C21H24FN11O10P2S/c1-38-45(37,46)43-15-10(41-21(14(15)34)32-7-28-13-18(32)29-8-33-19(13)26-5-30-33)3-40-44(35,36)42-9-2-39-20(11(9)22)31-6-27-12-16(23)24-4-25-17(12)31/h4-11,14-15,20-21,34H,2-3H2,1H3,(H,35,36)(H,37,46)(H2,23,24,25)/t9-,10-,11-,14-,15-,20-,21-,45?/m1/s1. The Balaban J connectivity index is 1.07. The first kappa shape index (κ1) is 31.4. The number of nitrogen functional groups attached to an aromatic ring is 1. The Bertz CT molecular complexity index is 2010. The van der Waals surface area contributed by atoms with Gasteiger partial charge in [0.05, 0.1) is 25.9 Å². The van der Waals surface area contributed by atoms with Crippen LogP contribution < -0.4 is 5.73 Å². The summed E-state index contributed by atoms with van der Waals surface area (Å²) in [5.74, 6) is 0.0758. The van der Waals surface area contributed by atoms with Crippen LogP contribution in [0.3, 0.4) is 0 Å². The van der Waals surface area contributed by atoms with Crippen molar-refractivity contribution >= 4 is 60.7 Å². The van der Waals surface area contributed by atoms with Gasteiger partial charge in [0.2, 0.25) is 0 Å². The molecule has 0 amide bonds. The lowest BCUT2D eigenvalue weighted by molar-refractivity contribution is -0.0525. The number of aromatic nitrogens is 10. The van der Waals surface area contributed by atoms with Crippen LogP contribution in [0.2, 0.25) is 0 Å². The summed E-state index contributed by atoms with van der Waals surface area (Å²) in [6, 6.07) is 0. The Morgan fingerprint density at radius 1 is 1.02 bits per heavy atom. The zero-order chi connectivity index (χ0) is 32.4. The van der Waals surface area contributed by atoms with E-state index in [0.717, 1.165) is 7.11 Å². The van der Waals surface area contributed by atoms with Crippen LogP contribution in [0.1, 0.15) is 12.5 Å². The number of imidazole rings is 2. The molecule has 2 fully saturated rings. The van der Waals surface area contributed by atoms with E-state index in [2.05, 4.69) is 47.3 Å². The van der Waals surface area contributed by atoms with Crippen molar-refractivity contribution in [3.05, 3.63) is 31.6 Å². The molecule has 0 bridgehead atoms. The number of ether oxygens (including phenoxy) is 2. The van der Waals surface area contributed by atoms with Crippen molar-refractivity contribution in [2.45, 2.75) is 43.0 Å². The summed E-state index contributed by atoms with van der Waals surface area (Å²) in [5.41, 5.74) is 7.14. The Morgan fingerprint density at radius 3 is 2.52 bits per heavy atom. The minimum Gasteiger partial charge on any atom is -0.386 e. The highest BCUT2D eigenvalue weighted by Gasteiger charge is 2.50. The van der Waals surface area contributed by atoms with Crippen LogP contribution in [0.25, 0.3) is 28.0 Å². The number of nitrogens with two attached hydrogens (primary N) is 1. The molecule has 9 atom stereocenters. The number of fused-ring (bicyclic) bond motifs is 4. The van der Waals surface area contributed by atoms with Crippen molar-refractivity contribution < 1.29 is 51.1 Å². The number of rotatable bonds is 10. The van der Waals surface area contributed by atoms with E-state index in [4.69, 9.17) is 33.3 Å². The first-order valence-corrected chi connectivity index (χ1v) is 17.4. The molecular formula is C21H24FN11O10P2S. The van der Waals surface area contributed by atoms with Crippen LogP contribution in [-0.4, -0.2) is 110 Å². The molecule has 7 rings (SSSR count). The van der Waals surface area contributed by atoms with E-state index >= 15 is 4.39 Å². The average molecular weight is 704 g/mol. The van der Waals surface area contributed by atoms with Gasteiger partial charge in [-0.2, -0.15) is 5.10 Å². The molecule has 5 aromatic heterocycles. The van der Waals surface area contributed by atoms with Crippen LogP contribution in [0.4, 0.5) is 10.2 Å². The largest absolute Gasteiger partial charge is 0.472 e. The molecule has 4 N–H and O–H groups in total. The van der Waals surface area contributed by atoms with Crippen molar-refractivity contribution in [3.8, 4) is 0 Å². The molecule has 46 heavy (non-hydrogen) atoms. The van der Waals surface area contributed by atoms with Gasteiger partial charge in [-0.05, 0) is 0 Å². The van der Waals surface area contributed by atoms with E-state index in [9.17, 15) is 19.1 Å². The van der Waals surface area contributed by atoms with Gasteiger partial charge in [0.15, 0.2) is 46.9 Å². The smallest absolute Gasteiger partial charge is 0.386 e. The number of aliphatic hydroxyl groups is 1. The molecule has 0 aliphatic carbocycles. The molecule has 2 saturated heterocycles. The second-order valence-corrected chi connectivity index (χ2v) is 14.4. The van der Waals surface area contributed by atoms with Crippen LogP contribution in [0.15, 0.2) is 31.6 Å². The molecule has 246 valence electrons. The minimum atomic E-state index is -5.01. The molecule has 5 aromatic rings. The van der Waals surface area contributed by atoms with Gasteiger partial charge in [-0.15, -0.1) is 0 Å². The highest BCUT2D eigenvalue weighted by Crippen LogP contribution is 2.56. The average Bonchev–Trinajstić information content (AvgIpc) is 3.85. The van der Waals surface area contributed by atoms with E-state index in [-0.39, 0.29) is 22.6 Å². The first-order valence-electron chi connectivity index (χ1n) is 13.2. The SMILES string of the molecule is COP(=O)(S)O[C@H]1[C@@H](O)[C@H](n2cnc3c2ncn2ncnc32)O[C@@H]1COP(=O)(O)O[C@@H]1CO[C@@H](n2cnc3c(N)ncnc32)[C@@H]1F. The predicted molar refractivity (Wildman–Crippen MR) is 153 cm³/mol. The number of phosphoric ester groups is 1. The third kappa shape index (κ3) is 5.56. The number of alkyl halides is 1. The molecule has 2 aliphatic heterocycles. The van der Waals surface area contributed by atoms with Gasteiger partial charge in [0, 0.05) is 7.11 Å². The van der Waals surface area contributed by atoms with Crippen LogP contribution in [-0.2, 0) is 36.7 Å². The molecule has 0 spiro atoms. The number of hydrogen-bond donors (Lipinski definition) is 4. The second-order valence-electron chi connectivity index (χ2n) is 10.0. The molecule has 0 radical (unpaired) electrons. The van der Waals surface area contributed by atoms with Crippen LogP contribution >= 0.6 is 26.9 Å². The highest BCUT2D eigenvalue weighted by atomic mass is 32.7. The molecule has 0 saturated carbocycles. The Morgan fingerprint density at radius 2 is 1.74 bits per heavy atom. The van der Waals surface area contributed by atoms with Crippen LogP contribution in [0, 0.1) is 0 Å². The van der Waals surface area contributed by atoms with E-state index < -0.39 is 70.9 Å². The second kappa shape index (κ2) is 11.8. The summed E-state index contributed by atoms with van der Waals surface area (Å²) >= 11 is 3.86. The molecule has 7 heterocycles. The fourth-order valence-electron chi connectivity index (χ4n) is 5.16. The molecule has 0 aromatic carbocycles. The lowest BCUT2D eigenvalue weighted by Crippen LogP contribution is -2.35. The van der Waals surface area contributed by atoms with Gasteiger partial charge in [0.25, 0.3) is 0 Å². The van der Waals surface area contributed by atoms with Gasteiger partial charge in [-0.3, -0.25) is 22.7 Å². The maximum atomic E-state index is 15.4. The number of anilines is 1. The maximum absolute atomic E-state index is 15.4. The summed E-state index contributed by atoms with van der Waals surface area (Å²) in [6.45, 7) is -5.22. The van der Waals surface area contributed by atoms with Gasteiger partial charge < -0.3 is 29.7 Å². The van der Waals surface area contributed by atoms with Gasteiger partial charge in [-0.25, -0.2) is 47.9 Å². The number of halogens is 1. The summed E-state index contributed by atoms with van der Waals surface area (Å²) in [7, 11) is -3.94. The number of thiol groups is 1. The lowest BCUT2D eigenvalue weighted by atomic mass is 10.1. The van der Waals surface area contributed by atoms with Crippen LogP contribution in [0.5, 0.6) is 0 Å². The lowest BCUT2D eigenvalue weighted by Gasteiger charge is -2.24. The number of hydrogen-bond acceptors (Lipinski definition) is 17. The van der Waals surface area contributed by atoms with Gasteiger partial charge >= 0.3 is 14.6 Å². The van der Waals surface area contributed by atoms with Crippen molar-refractivity contribution in [2.75, 3.05) is 26.1 Å². The van der Waals surface area contributed by atoms with E-state index in [1.807, 2.05) is 0 Å². The van der Waals surface area contributed by atoms with Gasteiger partial charge in [0.1, 0.15) is 48.9 Å². The van der Waals surface area contributed by atoms with Crippen molar-refractivity contribution in [3.63, 3.8) is 0 Å². The monoisotopic (exact) mass is 703 g/mol. The zero-order valence-corrected chi connectivity index (χ0v) is 26.0. The summed E-state index contributed by atoms with van der Waals surface area (Å²) < 4.78 is 76.9. The molecular weight excluding hydrogens is 679 g/mol. The topological polar surface area (TPSA) is 260 Å². The van der Waals surface area contributed by atoms with Crippen molar-refractivity contribution in [1.82, 2.24) is 48.7 Å². The number of phosphoric acid groups is 1. The maximum Gasteiger partial charge on any atom is 0.472 e. The Kier molecular flexibility index (Phi) is 8.05. The third-order valence-electron chi connectivity index (χ3n) is 7.30. The fourth-order valence-corrected chi connectivity index (χ4v) is 7.06. The Hall–Kier alpha value is -3.21. The van der Waals surface area contributed by atoms with Crippen molar-refractivity contribution in [1.29, 1.82) is 0 Å². The van der Waals surface area contributed by atoms with E-state index in [1.165, 1.54) is 45.3 Å². The quantitative estimate of drug-likeness (QED) is 0.115. The Labute approximate surface area is 261 Å². The molecule has 2 unspecified atom stereocenters. The summed E-state index contributed by atoms with van der Waals surface area (Å²) in [6.07, 6.45) is -4.06. The predicted octanol–water partition coefficient (Wildman–Crippen LogP) is 0.593. The summed E-state index contributed by atoms with van der Waals surface area (Å²) in [4.78, 5) is 35.2. The summed E-state index contributed by atoms with van der Waals surface area (Å²) in [5, 5.41) is 15.2. The van der Waals surface area contributed by atoms with Gasteiger partial charge in [-0.1, -0.05) is 12.2 Å². The van der Waals surface area contributed by atoms with Crippen molar-refractivity contribution in [2.24, 2.45) is 0 Å².